The third-order valence-corrected chi connectivity index (χ3v) is 3.62. The quantitative estimate of drug-likeness (QED) is 0.788. The van der Waals surface area contributed by atoms with Crippen LogP contribution in [0.3, 0.4) is 0 Å². The van der Waals surface area contributed by atoms with E-state index in [4.69, 9.17) is 11.6 Å². The number of sulfone groups is 1. The Hall–Kier alpha value is -0.730. The van der Waals surface area contributed by atoms with Crippen molar-refractivity contribution in [3.05, 3.63) is 9.47 Å². The summed E-state index contributed by atoms with van der Waals surface area (Å²) in [7, 11) is -2.98. The van der Waals surface area contributed by atoms with Crippen LogP contribution in [0.5, 0.6) is 0 Å². The normalized spacial score (nSPS) is 11.4. The van der Waals surface area contributed by atoms with Crippen molar-refractivity contribution in [3.63, 3.8) is 0 Å². The monoisotopic (exact) mass is 283 g/mol. The molecule has 1 amide bonds. The molecule has 6 nitrogen and oxygen atoms in total. The average molecular weight is 284 g/mol. The van der Waals surface area contributed by atoms with Gasteiger partial charge in [-0.1, -0.05) is 11.3 Å². The number of hydrogen-bond acceptors (Lipinski definition) is 6. The third kappa shape index (κ3) is 4.86. The molecular weight excluding hydrogens is 274 g/mol. The summed E-state index contributed by atoms with van der Waals surface area (Å²) in [6.07, 6.45) is 1.52. The molecule has 1 aromatic heterocycles. The first-order chi connectivity index (χ1) is 7.38. The number of carbonyl (C=O) groups is 1. The Morgan fingerprint density at radius 3 is 2.69 bits per heavy atom. The molecule has 0 saturated heterocycles. The summed E-state index contributed by atoms with van der Waals surface area (Å²) >= 11 is 6.48. The molecule has 0 unspecified atom stereocenters. The van der Waals surface area contributed by atoms with E-state index in [0.29, 0.717) is 6.42 Å². The van der Waals surface area contributed by atoms with Gasteiger partial charge >= 0.3 is 0 Å². The summed E-state index contributed by atoms with van der Waals surface area (Å²) in [5, 5.41) is 9.73. The van der Waals surface area contributed by atoms with Gasteiger partial charge in [0.25, 0.3) is 5.91 Å². The molecule has 1 aromatic rings. The zero-order valence-electron chi connectivity index (χ0n) is 8.43. The molecule has 0 spiro atoms. The second-order valence-corrected chi connectivity index (χ2v) is 6.92. The van der Waals surface area contributed by atoms with Crippen LogP contribution in [0, 0.1) is 0 Å². The molecule has 0 aliphatic heterocycles. The summed E-state index contributed by atoms with van der Waals surface area (Å²) in [4.78, 5) is 11.4. The van der Waals surface area contributed by atoms with Gasteiger partial charge in [-0.3, -0.25) is 4.79 Å². The van der Waals surface area contributed by atoms with Gasteiger partial charge in [0.1, 0.15) is 9.84 Å². The topological polar surface area (TPSA) is 89.0 Å². The number of hydrogen-bond donors (Lipinski definition) is 1. The number of nitrogens with one attached hydrogen (secondary N) is 1. The number of halogens is 1. The molecule has 0 aliphatic carbocycles. The second-order valence-electron chi connectivity index (χ2n) is 3.10. The third-order valence-electron chi connectivity index (χ3n) is 1.57. The zero-order valence-corrected chi connectivity index (χ0v) is 10.8. The molecular formula is C7H10ClN3O3S2. The summed E-state index contributed by atoms with van der Waals surface area (Å²) in [5.41, 5.74) is 0. The van der Waals surface area contributed by atoms with Gasteiger partial charge in [0.2, 0.25) is 9.47 Å². The van der Waals surface area contributed by atoms with Gasteiger partial charge in [-0.05, 0) is 18.0 Å². The number of amides is 1. The Kier molecular flexibility index (Phi) is 4.63. The first-order valence-electron chi connectivity index (χ1n) is 4.33. The average Bonchev–Trinajstić information content (AvgIpc) is 2.57. The Morgan fingerprint density at radius 2 is 2.19 bits per heavy atom. The SMILES string of the molecule is CS(=O)(=O)CCCNC(=O)c1nnc(Cl)s1. The van der Waals surface area contributed by atoms with E-state index in [9.17, 15) is 13.2 Å². The molecule has 0 bridgehead atoms. The first kappa shape index (κ1) is 13.3. The fourth-order valence-corrected chi connectivity index (χ4v) is 2.32. The van der Waals surface area contributed by atoms with Crippen LogP contribution in [0.15, 0.2) is 0 Å². The summed E-state index contributed by atoms with van der Waals surface area (Å²) < 4.78 is 21.8. The van der Waals surface area contributed by atoms with Crippen LogP contribution in [0.1, 0.15) is 16.2 Å². The standard InChI is InChI=1S/C7H10ClN3O3S2/c1-16(13,14)4-2-3-9-5(12)6-10-11-7(8)15-6/h2-4H2,1H3,(H,9,12). The lowest BCUT2D eigenvalue weighted by Gasteiger charge is -2.01. The van der Waals surface area contributed by atoms with Crippen LogP contribution in [0.2, 0.25) is 4.47 Å². The molecule has 1 heterocycles. The van der Waals surface area contributed by atoms with Gasteiger partial charge in [-0.15, -0.1) is 10.2 Å². The molecule has 0 fully saturated rings. The molecule has 0 saturated carbocycles. The van der Waals surface area contributed by atoms with Gasteiger partial charge in [0, 0.05) is 12.8 Å². The fraction of sp³-hybridized carbons (Fsp3) is 0.571. The van der Waals surface area contributed by atoms with Crippen molar-refractivity contribution in [3.8, 4) is 0 Å². The summed E-state index contributed by atoms with van der Waals surface area (Å²) in [6, 6.07) is 0. The van der Waals surface area contributed by atoms with Crippen molar-refractivity contribution in [1.29, 1.82) is 0 Å². The predicted octanol–water partition coefficient (Wildman–Crippen LogP) is 0.356. The molecule has 9 heteroatoms. The maximum absolute atomic E-state index is 11.4. The van der Waals surface area contributed by atoms with Crippen LogP contribution in [-0.2, 0) is 9.84 Å². The van der Waals surface area contributed by atoms with Crippen molar-refractivity contribution in [1.82, 2.24) is 15.5 Å². The van der Waals surface area contributed by atoms with Gasteiger partial charge < -0.3 is 5.32 Å². The Balaban J connectivity index is 2.31. The molecule has 1 rings (SSSR count). The highest BCUT2D eigenvalue weighted by atomic mass is 35.5. The molecule has 1 N–H and O–H groups in total. The lowest BCUT2D eigenvalue weighted by atomic mass is 10.4. The maximum Gasteiger partial charge on any atom is 0.282 e. The van der Waals surface area contributed by atoms with E-state index >= 15 is 0 Å². The van der Waals surface area contributed by atoms with Crippen molar-refractivity contribution in [2.24, 2.45) is 0 Å². The van der Waals surface area contributed by atoms with Gasteiger partial charge in [-0.25, -0.2) is 8.42 Å². The Labute approximate surface area is 102 Å². The highest BCUT2D eigenvalue weighted by molar-refractivity contribution is 7.90. The van der Waals surface area contributed by atoms with Crippen molar-refractivity contribution in [2.75, 3.05) is 18.6 Å². The highest BCUT2D eigenvalue weighted by Gasteiger charge is 2.11. The largest absolute Gasteiger partial charge is 0.350 e. The molecule has 90 valence electrons. The molecule has 0 aromatic carbocycles. The Bertz CT molecular complexity index is 471. The van der Waals surface area contributed by atoms with Gasteiger partial charge in [0.05, 0.1) is 5.75 Å². The number of nitrogens with zero attached hydrogens (tertiary/aromatic N) is 2. The highest BCUT2D eigenvalue weighted by Crippen LogP contribution is 2.14. The summed E-state index contributed by atoms with van der Waals surface area (Å²) in [6.45, 7) is 0.281. The van der Waals surface area contributed by atoms with E-state index in [1.54, 1.807) is 0 Å². The minimum absolute atomic E-state index is 0.0458. The number of rotatable bonds is 5. The first-order valence-corrected chi connectivity index (χ1v) is 7.59. The van der Waals surface area contributed by atoms with E-state index in [1.807, 2.05) is 0 Å². The lowest BCUT2D eigenvalue weighted by Crippen LogP contribution is -2.25. The van der Waals surface area contributed by atoms with E-state index < -0.39 is 15.7 Å². The summed E-state index contributed by atoms with van der Waals surface area (Å²) in [5.74, 6) is -0.345. The van der Waals surface area contributed by atoms with Crippen molar-refractivity contribution >= 4 is 38.7 Å². The van der Waals surface area contributed by atoms with Gasteiger partial charge in [-0.2, -0.15) is 0 Å². The lowest BCUT2D eigenvalue weighted by molar-refractivity contribution is 0.0952. The zero-order chi connectivity index (χ0) is 12.2. The van der Waals surface area contributed by atoms with E-state index in [0.717, 1.165) is 17.6 Å². The Morgan fingerprint density at radius 1 is 1.50 bits per heavy atom. The fourth-order valence-electron chi connectivity index (χ4n) is 0.909. The number of aromatic nitrogens is 2. The minimum atomic E-state index is -2.98. The molecule has 16 heavy (non-hydrogen) atoms. The predicted molar refractivity (Wildman–Crippen MR) is 61.6 cm³/mol. The maximum atomic E-state index is 11.4. The van der Waals surface area contributed by atoms with E-state index in [-0.39, 0.29) is 21.8 Å². The van der Waals surface area contributed by atoms with E-state index in [2.05, 4.69) is 15.5 Å². The van der Waals surface area contributed by atoms with Crippen LogP contribution >= 0.6 is 22.9 Å². The minimum Gasteiger partial charge on any atom is -0.350 e. The van der Waals surface area contributed by atoms with Crippen LogP contribution in [0.25, 0.3) is 0 Å². The van der Waals surface area contributed by atoms with Crippen LogP contribution < -0.4 is 5.32 Å². The van der Waals surface area contributed by atoms with Crippen molar-refractivity contribution in [2.45, 2.75) is 6.42 Å². The number of carbonyl (C=O) groups excluding carboxylic acids is 1. The molecule has 0 aliphatic rings. The van der Waals surface area contributed by atoms with Gasteiger partial charge in [0.15, 0.2) is 0 Å². The molecule has 0 atom stereocenters. The molecule has 0 radical (unpaired) electrons. The van der Waals surface area contributed by atoms with Crippen LogP contribution in [0.4, 0.5) is 0 Å². The van der Waals surface area contributed by atoms with E-state index in [1.165, 1.54) is 0 Å². The van der Waals surface area contributed by atoms with Crippen molar-refractivity contribution < 1.29 is 13.2 Å². The second kappa shape index (κ2) is 5.55. The smallest absolute Gasteiger partial charge is 0.282 e. The van der Waals surface area contributed by atoms with Crippen LogP contribution in [-0.4, -0.2) is 43.1 Å².